The Labute approximate surface area is 340 Å². The molecule has 1 aromatic heterocycles. The molecule has 288 valence electrons. The van der Waals surface area contributed by atoms with Crippen molar-refractivity contribution in [2.24, 2.45) is 0 Å². The smallest absolute Gasteiger partial charge is 0.475 e. The molecule has 5 aromatic rings. The van der Waals surface area contributed by atoms with Crippen molar-refractivity contribution in [2.75, 3.05) is 13.1 Å². The number of hydrogen-bond acceptors (Lipinski definition) is 4. The van der Waals surface area contributed by atoms with Crippen LogP contribution in [-0.2, 0) is 40.1 Å². The van der Waals surface area contributed by atoms with E-state index >= 15 is 0 Å². The highest BCUT2D eigenvalue weighted by Crippen LogP contribution is 2.34. The van der Waals surface area contributed by atoms with Gasteiger partial charge in [0.2, 0.25) is 11.8 Å². The van der Waals surface area contributed by atoms with Gasteiger partial charge in [-0.3, -0.25) is 14.7 Å². The third kappa shape index (κ3) is 10.3. The number of nitrogens with one attached hydrogen (secondary N) is 1. The zero-order valence-electron chi connectivity index (χ0n) is 29.9. The highest BCUT2D eigenvalue weighted by Gasteiger charge is 2.38. The molecule has 3 heterocycles. The van der Waals surface area contributed by atoms with Gasteiger partial charge in [-0.05, 0) is 106 Å². The summed E-state index contributed by atoms with van der Waals surface area (Å²) in [4.78, 5) is 38.7. The lowest BCUT2D eigenvalue weighted by Gasteiger charge is -2.35. The number of alkyl halides is 3. The van der Waals surface area contributed by atoms with Gasteiger partial charge in [0, 0.05) is 38.5 Å². The fourth-order valence-electron chi connectivity index (χ4n) is 6.84. The predicted molar refractivity (Wildman–Crippen MR) is 215 cm³/mol. The molecule has 0 saturated carbocycles. The van der Waals surface area contributed by atoms with E-state index in [1.54, 1.807) is 6.20 Å². The lowest BCUT2D eigenvalue weighted by atomic mass is 9.92. The summed E-state index contributed by atoms with van der Waals surface area (Å²) >= 11 is 14.9. The van der Waals surface area contributed by atoms with Crippen molar-refractivity contribution in [1.29, 1.82) is 0 Å². The van der Waals surface area contributed by atoms with Gasteiger partial charge < -0.3 is 14.9 Å². The molecular weight excluding hydrogens is 867 g/mol. The van der Waals surface area contributed by atoms with Gasteiger partial charge in [-0.2, -0.15) is 18.3 Å². The topological polar surface area (TPSA) is 107 Å². The number of fused-ring (bicyclic) bond motifs is 2. The third-order valence-electron chi connectivity index (χ3n) is 9.72. The molecular formula is C41H38Cl2F3IN4O4. The average Bonchev–Trinajstić information content (AvgIpc) is 3.70. The van der Waals surface area contributed by atoms with Crippen LogP contribution in [0.5, 0.6) is 0 Å². The van der Waals surface area contributed by atoms with E-state index in [9.17, 15) is 22.8 Å². The number of carbonyl (C=O) groups excluding carboxylic acids is 2. The number of amides is 2. The molecule has 2 aliphatic rings. The average molecular weight is 906 g/mol. The molecule has 7 rings (SSSR count). The van der Waals surface area contributed by atoms with Crippen LogP contribution in [0.2, 0.25) is 10.0 Å². The number of carboxylic acid groups (broad SMARTS) is 1. The highest BCUT2D eigenvalue weighted by molar-refractivity contribution is 14.1. The predicted octanol–water partition coefficient (Wildman–Crippen LogP) is 9.68. The van der Waals surface area contributed by atoms with E-state index in [-0.39, 0.29) is 30.3 Å². The molecule has 0 saturated heterocycles. The number of aromatic nitrogens is 2. The summed E-state index contributed by atoms with van der Waals surface area (Å²) in [5.41, 5.74) is 8.86. The number of aliphatic carboxylic acids is 1. The van der Waals surface area contributed by atoms with Crippen molar-refractivity contribution in [1.82, 2.24) is 20.0 Å². The number of carbonyl (C=O) groups is 3. The minimum atomic E-state index is -5.08. The molecule has 0 unspecified atom stereocenters. The van der Waals surface area contributed by atoms with Crippen LogP contribution < -0.4 is 0 Å². The fourth-order valence-corrected chi connectivity index (χ4v) is 8.17. The first kappa shape index (κ1) is 41.8. The molecule has 2 atom stereocenters. The lowest BCUT2D eigenvalue weighted by molar-refractivity contribution is -0.192. The van der Waals surface area contributed by atoms with Crippen molar-refractivity contribution in [3.05, 3.63) is 144 Å². The van der Waals surface area contributed by atoms with Crippen LogP contribution >= 0.6 is 45.8 Å². The van der Waals surface area contributed by atoms with E-state index in [0.29, 0.717) is 16.5 Å². The molecule has 55 heavy (non-hydrogen) atoms. The largest absolute Gasteiger partial charge is 0.490 e. The van der Waals surface area contributed by atoms with Gasteiger partial charge in [-0.25, -0.2) is 4.79 Å². The van der Waals surface area contributed by atoms with Crippen LogP contribution in [0.25, 0.3) is 11.1 Å². The Morgan fingerprint density at radius 2 is 1.25 bits per heavy atom. The van der Waals surface area contributed by atoms with Crippen molar-refractivity contribution < 1.29 is 32.7 Å². The Morgan fingerprint density at radius 3 is 1.73 bits per heavy atom. The highest BCUT2D eigenvalue weighted by atomic mass is 127. The van der Waals surface area contributed by atoms with E-state index in [0.717, 1.165) is 51.8 Å². The number of benzene rings is 4. The summed E-state index contributed by atoms with van der Waals surface area (Å²) in [6.07, 6.45) is 0.950. The molecule has 0 bridgehead atoms. The van der Waals surface area contributed by atoms with Crippen LogP contribution in [0, 0.1) is 3.57 Å². The molecule has 4 aromatic carbocycles. The summed E-state index contributed by atoms with van der Waals surface area (Å²) in [6, 6.07) is 28.4. The number of hydrogen-bond donors (Lipinski definition) is 2. The van der Waals surface area contributed by atoms with Gasteiger partial charge in [0.15, 0.2) is 0 Å². The maximum absolute atomic E-state index is 13.1. The Kier molecular flexibility index (Phi) is 14.0. The van der Waals surface area contributed by atoms with Crippen LogP contribution in [-0.4, -0.2) is 62.2 Å². The second kappa shape index (κ2) is 18.5. The molecule has 2 N–H and O–H groups in total. The third-order valence-corrected chi connectivity index (χ3v) is 11.4. The van der Waals surface area contributed by atoms with Crippen molar-refractivity contribution in [3.63, 3.8) is 0 Å². The second-order valence-electron chi connectivity index (χ2n) is 13.0. The zero-order valence-corrected chi connectivity index (χ0v) is 33.6. The monoisotopic (exact) mass is 904 g/mol. The van der Waals surface area contributed by atoms with Crippen molar-refractivity contribution >= 4 is 63.6 Å². The molecule has 0 aliphatic carbocycles. The Bertz CT molecular complexity index is 2130. The Morgan fingerprint density at radius 1 is 0.782 bits per heavy atom. The van der Waals surface area contributed by atoms with Crippen LogP contribution in [0.4, 0.5) is 13.2 Å². The van der Waals surface area contributed by atoms with Crippen LogP contribution in [0.15, 0.2) is 97.3 Å². The minimum absolute atomic E-state index is 0.0762. The Balaban J connectivity index is 0.000000182. The standard InChI is InChI=1S/C21H20ClN3O.C18H17ClINO.C2HF3O2/c1-14-17-6-3-2-5-15(17)9-10-25(14)21(26)11-19-18(7-4-8-20(19)22)16-12-23-24-13-16;1-12-14-6-3-2-5-13(14)9-10-21(12)18(22)11-15-16(19)7-4-8-17(15)20;3-2(4,5)1(6)7/h2-8,12-14H,9-11H2,1H3,(H,23,24);2-8,12H,9-11H2,1H3;(H,6,7)/t14-;12-;/m00./s1. The first-order valence-corrected chi connectivity index (χ1v) is 19.2. The number of carboxylic acids is 1. The molecule has 0 radical (unpaired) electrons. The van der Waals surface area contributed by atoms with Gasteiger partial charge in [0.1, 0.15) is 0 Å². The molecule has 0 spiro atoms. The molecule has 0 fully saturated rings. The van der Waals surface area contributed by atoms with E-state index in [1.807, 2.05) is 64.5 Å². The number of nitrogens with zero attached hydrogens (tertiary/aromatic N) is 3. The van der Waals surface area contributed by atoms with Gasteiger partial charge in [0.05, 0.1) is 31.1 Å². The minimum Gasteiger partial charge on any atom is -0.475 e. The summed E-state index contributed by atoms with van der Waals surface area (Å²) in [5.74, 6) is -2.51. The zero-order chi connectivity index (χ0) is 39.9. The summed E-state index contributed by atoms with van der Waals surface area (Å²) in [5, 5.41) is 15.2. The maximum atomic E-state index is 13.1. The van der Waals surface area contributed by atoms with Crippen molar-refractivity contribution in [3.8, 4) is 11.1 Å². The number of halogens is 6. The van der Waals surface area contributed by atoms with Crippen molar-refractivity contribution in [2.45, 2.75) is 57.8 Å². The van der Waals surface area contributed by atoms with Gasteiger partial charge in [-0.15, -0.1) is 0 Å². The first-order chi connectivity index (χ1) is 26.2. The lowest BCUT2D eigenvalue weighted by Crippen LogP contribution is -2.39. The molecule has 8 nitrogen and oxygen atoms in total. The van der Waals surface area contributed by atoms with E-state index in [4.69, 9.17) is 33.1 Å². The van der Waals surface area contributed by atoms with E-state index < -0.39 is 12.1 Å². The summed E-state index contributed by atoms with van der Waals surface area (Å²) in [6.45, 7) is 5.72. The maximum Gasteiger partial charge on any atom is 0.490 e. The number of rotatable bonds is 5. The summed E-state index contributed by atoms with van der Waals surface area (Å²) < 4.78 is 32.8. The van der Waals surface area contributed by atoms with Gasteiger partial charge in [-0.1, -0.05) is 89.9 Å². The quantitative estimate of drug-likeness (QED) is 0.171. The van der Waals surface area contributed by atoms with Crippen LogP contribution in [0.1, 0.15) is 59.3 Å². The van der Waals surface area contributed by atoms with E-state index in [2.05, 4.69) is 83.0 Å². The number of H-pyrrole nitrogens is 1. The summed E-state index contributed by atoms with van der Waals surface area (Å²) in [7, 11) is 0. The first-order valence-electron chi connectivity index (χ1n) is 17.4. The number of aromatic amines is 1. The fraction of sp³-hybridized carbons (Fsp3) is 0.268. The Hall–Kier alpha value is -4.40. The van der Waals surface area contributed by atoms with Gasteiger partial charge in [0.25, 0.3) is 0 Å². The van der Waals surface area contributed by atoms with Crippen LogP contribution in [0.3, 0.4) is 0 Å². The molecule has 2 amide bonds. The SMILES string of the molecule is C[C@H]1c2ccccc2CCN1C(=O)Cc1c(Cl)cccc1-c1cn[nH]c1.C[C@H]1c2ccccc2CCN1C(=O)Cc1c(Cl)cccc1I.O=C(O)C(F)(F)F. The van der Waals surface area contributed by atoms with E-state index in [1.165, 1.54) is 22.3 Å². The second-order valence-corrected chi connectivity index (χ2v) is 15.0. The molecule has 2 aliphatic heterocycles. The molecule has 14 heteroatoms. The normalized spacial score (nSPS) is 16.1. The van der Waals surface area contributed by atoms with Gasteiger partial charge >= 0.3 is 12.1 Å².